The van der Waals surface area contributed by atoms with E-state index in [9.17, 15) is 4.39 Å². The number of hydrogen-bond acceptors (Lipinski definition) is 6. The van der Waals surface area contributed by atoms with Gasteiger partial charge in [-0.15, -0.1) is 36.2 Å². The standard InChI is InChI=1S/C16H17ClFN5S.2ClH/c1-8(19)6-11-9(2)12-13(24-11)15(23-16(17)22-12)21-7-10-4-3-5-20-14(10)18;;/h3-5,8H,6-7,19H2,1-2H3,(H,21,22,23);2*1H/t8-;;/m0../s1. The fourth-order valence-corrected chi connectivity index (χ4v) is 3.96. The maximum absolute atomic E-state index is 13.7. The highest BCUT2D eigenvalue weighted by Gasteiger charge is 2.16. The number of halogens is 4. The first-order valence-corrected chi connectivity index (χ1v) is 8.69. The van der Waals surface area contributed by atoms with Crippen LogP contribution in [0.4, 0.5) is 10.2 Å². The van der Waals surface area contributed by atoms with Crippen molar-refractivity contribution in [2.75, 3.05) is 5.32 Å². The van der Waals surface area contributed by atoms with E-state index in [0.29, 0.717) is 11.4 Å². The van der Waals surface area contributed by atoms with Gasteiger partial charge in [0.2, 0.25) is 11.2 Å². The van der Waals surface area contributed by atoms with Gasteiger partial charge >= 0.3 is 0 Å². The monoisotopic (exact) mass is 437 g/mol. The Morgan fingerprint density at radius 3 is 2.73 bits per heavy atom. The van der Waals surface area contributed by atoms with Crippen molar-refractivity contribution in [2.45, 2.75) is 32.9 Å². The van der Waals surface area contributed by atoms with E-state index in [-0.39, 0.29) is 42.7 Å². The normalized spacial score (nSPS) is 11.6. The number of nitrogens with two attached hydrogens (primary N) is 1. The number of thiophene rings is 1. The molecule has 0 amide bonds. The molecule has 142 valence electrons. The molecule has 0 fully saturated rings. The second kappa shape index (κ2) is 9.62. The summed E-state index contributed by atoms with van der Waals surface area (Å²) in [6, 6.07) is 3.43. The van der Waals surface area contributed by atoms with Crippen LogP contribution in [0.1, 0.15) is 22.9 Å². The SMILES string of the molecule is Cc1c(C[C@H](C)N)sc2c(NCc3cccnc3F)nc(Cl)nc12.Cl.Cl. The molecule has 3 aromatic heterocycles. The molecule has 0 radical (unpaired) electrons. The molecule has 3 rings (SSSR count). The Bertz CT molecular complexity index is 888. The van der Waals surface area contributed by atoms with Crippen LogP contribution in [-0.2, 0) is 13.0 Å². The highest BCUT2D eigenvalue weighted by Crippen LogP contribution is 2.35. The third kappa shape index (κ3) is 4.92. The summed E-state index contributed by atoms with van der Waals surface area (Å²) < 4.78 is 14.6. The summed E-state index contributed by atoms with van der Waals surface area (Å²) in [5.74, 6) is 0.0960. The summed E-state index contributed by atoms with van der Waals surface area (Å²) in [6.45, 7) is 4.24. The summed E-state index contributed by atoms with van der Waals surface area (Å²) in [7, 11) is 0. The number of hydrogen-bond donors (Lipinski definition) is 2. The van der Waals surface area contributed by atoms with Gasteiger partial charge in [0.1, 0.15) is 5.82 Å². The van der Waals surface area contributed by atoms with Crippen LogP contribution in [0.2, 0.25) is 5.28 Å². The molecule has 0 aliphatic carbocycles. The molecule has 3 N–H and O–H groups in total. The Morgan fingerprint density at radius 1 is 1.35 bits per heavy atom. The Labute approximate surface area is 172 Å². The summed E-state index contributed by atoms with van der Waals surface area (Å²) in [6.07, 6.45) is 2.18. The van der Waals surface area contributed by atoms with Crippen LogP contribution in [0.5, 0.6) is 0 Å². The first-order valence-electron chi connectivity index (χ1n) is 7.50. The first-order chi connectivity index (χ1) is 11.5. The minimum atomic E-state index is -0.499. The zero-order valence-corrected chi connectivity index (χ0v) is 17.3. The number of anilines is 1. The van der Waals surface area contributed by atoms with Crippen molar-refractivity contribution in [3.63, 3.8) is 0 Å². The lowest BCUT2D eigenvalue weighted by atomic mass is 10.1. The van der Waals surface area contributed by atoms with E-state index in [1.807, 2.05) is 13.8 Å². The second-order valence-corrected chi connectivity index (χ2v) is 7.10. The molecule has 3 heterocycles. The van der Waals surface area contributed by atoms with Crippen molar-refractivity contribution in [3.8, 4) is 0 Å². The highest BCUT2D eigenvalue weighted by molar-refractivity contribution is 7.19. The van der Waals surface area contributed by atoms with Crippen molar-refractivity contribution in [1.29, 1.82) is 0 Å². The number of rotatable bonds is 5. The van der Waals surface area contributed by atoms with Crippen molar-refractivity contribution < 1.29 is 4.39 Å². The van der Waals surface area contributed by atoms with E-state index in [2.05, 4.69) is 20.3 Å². The molecule has 10 heteroatoms. The fraction of sp³-hybridized carbons (Fsp3) is 0.312. The van der Waals surface area contributed by atoms with Crippen LogP contribution >= 0.6 is 47.8 Å². The molecule has 0 unspecified atom stereocenters. The smallest absolute Gasteiger partial charge is 0.224 e. The van der Waals surface area contributed by atoms with Crippen molar-refractivity contribution >= 4 is 63.8 Å². The quantitative estimate of drug-likeness (QED) is 0.452. The minimum absolute atomic E-state index is 0. The molecule has 3 aromatic rings. The van der Waals surface area contributed by atoms with Crippen LogP contribution in [-0.4, -0.2) is 21.0 Å². The Kier molecular flexibility index (Phi) is 8.43. The average molecular weight is 439 g/mol. The number of nitrogens with one attached hydrogen (secondary N) is 1. The summed E-state index contributed by atoms with van der Waals surface area (Å²) in [5, 5.41) is 3.30. The molecule has 0 saturated carbocycles. The van der Waals surface area contributed by atoms with Crippen LogP contribution in [0.25, 0.3) is 10.2 Å². The molecule has 26 heavy (non-hydrogen) atoms. The average Bonchev–Trinajstić information content (AvgIpc) is 2.82. The fourth-order valence-electron chi connectivity index (χ4n) is 2.44. The van der Waals surface area contributed by atoms with Crippen LogP contribution in [0.3, 0.4) is 0 Å². The summed E-state index contributed by atoms with van der Waals surface area (Å²) in [4.78, 5) is 13.4. The molecule has 0 spiro atoms. The van der Waals surface area contributed by atoms with Gasteiger partial charge in [0, 0.05) is 29.2 Å². The van der Waals surface area contributed by atoms with E-state index >= 15 is 0 Å². The largest absolute Gasteiger partial charge is 0.364 e. The molecule has 0 bridgehead atoms. The van der Waals surface area contributed by atoms with E-state index in [1.54, 1.807) is 23.5 Å². The van der Waals surface area contributed by atoms with Gasteiger partial charge in [0.25, 0.3) is 0 Å². The maximum atomic E-state index is 13.7. The number of aryl methyl sites for hydroxylation is 1. The molecule has 5 nitrogen and oxygen atoms in total. The van der Waals surface area contributed by atoms with Gasteiger partial charge in [-0.05, 0) is 43.5 Å². The zero-order valence-electron chi connectivity index (χ0n) is 14.1. The van der Waals surface area contributed by atoms with Gasteiger partial charge in [-0.2, -0.15) is 9.37 Å². The lowest BCUT2D eigenvalue weighted by Crippen LogP contribution is -2.17. The summed E-state index contributed by atoms with van der Waals surface area (Å²) in [5.41, 5.74) is 8.25. The van der Waals surface area contributed by atoms with Crippen molar-refractivity contribution in [1.82, 2.24) is 15.0 Å². The summed E-state index contributed by atoms with van der Waals surface area (Å²) >= 11 is 7.65. The van der Waals surface area contributed by atoms with Gasteiger partial charge in [-0.3, -0.25) is 0 Å². The lowest BCUT2D eigenvalue weighted by Gasteiger charge is -2.07. The molecule has 0 aromatic carbocycles. The highest BCUT2D eigenvalue weighted by atomic mass is 35.5. The zero-order chi connectivity index (χ0) is 17.3. The lowest BCUT2D eigenvalue weighted by molar-refractivity contribution is 0.569. The van der Waals surface area contributed by atoms with E-state index < -0.39 is 5.95 Å². The number of aromatic nitrogens is 3. The molecule has 0 saturated heterocycles. The molecule has 0 aliphatic rings. The Balaban J connectivity index is 0.00000169. The predicted molar refractivity (Wildman–Crippen MR) is 111 cm³/mol. The van der Waals surface area contributed by atoms with Crippen molar-refractivity contribution in [3.05, 3.63) is 45.6 Å². The van der Waals surface area contributed by atoms with Gasteiger partial charge in [-0.1, -0.05) is 6.07 Å². The van der Waals surface area contributed by atoms with Crippen LogP contribution in [0.15, 0.2) is 18.3 Å². The molecule has 1 atom stereocenters. The second-order valence-electron chi connectivity index (χ2n) is 5.66. The Hall–Kier alpha value is -1.25. The van der Waals surface area contributed by atoms with Gasteiger partial charge in [0.15, 0.2) is 0 Å². The van der Waals surface area contributed by atoms with Gasteiger partial charge in [-0.25, -0.2) is 9.97 Å². The first kappa shape index (κ1) is 22.8. The maximum Gasteiger partial charge on any atom is 0.224 e. The van der Waals surface area contributed by atoms with E-state index in [0.717, 1.165) is 27.1 Å². The minimum Gasteiger partial charge on any atom is -0.364 e. The predicted octanol–water partition coefficient (Wildman–Crippen LogP) is 4.53. The van der Waals surface area contributed by atoms with Crippen LogP contribution in [0, 0.1) is 12.9 Å². The number of nitrogens with zero attached hydrogens (tertiary/aromatic N) is 3. The third-order valence-electron chi connectivity index (χ3n) is 3.63. The van der Waals surface area contributed by atoms with E-state index in [1.165, 1.54) is 6.20 Å². The van der Waals surface area contributed by atoms with Gasteiger partial charge < -0.3 is 11.1 Å². The third-order valence-corrected chi connectivity index (χ3v) is 5.11. The Morgan fingerprint density at radius 2 is 2.08 bits per heavy atom. The van der Waals surface area contributed by atoms with Crippen LogP contribution < -0.4 is 11.1 Å². The van der Waals surface area contributed by atoms with Gasteiger partial charge in [0.05, 0.1) is 10.2 Å². The molecular weight excluding hydrogens is 420 g/mol. The molecular formula is C16H19Cl3FN5S. The van der Waals surface area contributed by atoms with Crippen molar-refractivity contribution in [2.24, 2.45) is 5.73 Å². The molecule has 0 aliphatic heterocycles. The number of pyridine rings is 1. The topological polar surface area (TPSA) is 76.7 Å². The number of fused-ring (bicyclic) bond motifs is 1. The van der Waals surface area contributed by atoms with E-state index in [4.69, 9.17) is 17.3 Å².